The van der Waals surface area contributed by atoms with E-state index in [0.717, 1.165) is 48.5 Å². The summed E-state index contributed by atoms with van der Waals surface area (Å²) < 4.78 is 27.4. The van der Waals surface area contributed by atoms with E-state index in [-0.39, 0.29) is 24.6 Å². The number of hydrogen-bond donors (Lipinski definition) is 0. The topological polar surface area (TPSA) is 117 Å². The first-order chi connectivity index (χ1) is 20.6. The van der Waals surface area contributed by atoms with E-state index >= 15 is 0 Å². The highest BCUT2D eigenvalue weighted by molar-refractivity contribution is 5.94. The van der Waals surface area contributed by atoms with Gasteiger partial charge in [-0.05, 0) is 83.1 Å². The smallest absolute Gasteiger partial charge is 0.338 e. The lowest BCUT2D eigenvalue weighted by atomic mass is 9.93. The molecule has 0 amide bonds. The summed E-state index contributed by atoms with van der Waals surface area (Å²) in [6, 6.07) is 19.4. The summed E-state index contributed by atoms with van der Waals surface area (Å²) in [5.41, 5.74) is 2.85. The maximum Gasteiger partial charge on any atom is 0.338 e. The first-order valence-corrected chi connectivity index (χ1v) is 14.2. The molecular formula is C33H33FN6O3. The molecular weight excluding hydrogens is 547 g/mol. The van der Waals surface area contributed by atoms with Gasteiger partial charge >= 0.3 is 5.97 Å². The molecule has 0 unspecified atom stereocenters. The van der Waals surface area contributed by atoms with E-state index in [1.54, 1.807) is 36.4 Å². The maximum absolute atomic E-state index is 14.2. The van der Waals surface area contributed by atoms with Crippen LogP contribution in [0.5, 0.6) is 5.88 Å². The summed E-state index contributed by atoms with van der Waals surface area (Å²) in [4.78, 5) is 24.4. The molecule has 10 heteroatoms. The average molecular weight is 581 g/mol. The highest BCUT2D eigenvalue weighted by Gasteiger charge is 2.25. The summed E-state index contributed by atoms with van der Waals surface area (Å²) in [7, 11) is 0. The lowest BCUT2D eigenvalue weighted by Gasteiger charge is -2.31. The Hall–Kier alpha value is -4.80. The minimum Gasteiger partial charge on any atom is -0.473 e. The van der Waals surface area contributed by atoms with Gasteiger partial charge in [0.2, 0.25) is 5.88 Å². The van der Waals surface area contributed by atoms with E-state index in [1.165, 1.54) is 6.07 Å². The molecule has 0 saturated carbocycles. The summed E-state index contributed by atoms with van der Waals surface area (Å²) >= 11 is 0. The molecule has 5 rings (SSSR count). The number of likely N-dealkylation sites (tertiary alicyclic amines) is 1. The van der Waals surface area contributed by atoms with Gasteiger partial charge in [0.1, 0.15) is 30.4 Å². The van der Waals surface area contributed by atoms with Crippen LogP contribution in [0.4, 0.5) is 4.39 Å². The Labute approximate surface area is 250 Å². The summed E-state index contributed by atoms with van der Waals surface area (Å²) in [5.74, 6) is 0.571. The number of carbonyl (C=O) groups is 1. The number of pyridine rings is 1. The summed E-state index contributed by atoms with van der Waals surface area (Å²) in [6.45, 7) is 7.86. The number of benzene rings is 2. The van der Waals surface area contributed by atoms with Crippen LogP contribution in [0.3, 0.4) is 0 Å². The van der Waals surface area contributed by atoms with E-state index < -0.39 is 17.4 Å². The number of nitriles is 2. The standard InChI is InChI=1S/C33H33FN6O3/c1-33(2,3)43-32(41)24-9-10-28-29(18-24)40(16-13-35)30(37-28)20-39-14-11-23(12-15-39)27-5-4-6-31(38-27)42-21-25-8-7-22(19-36)17-26(25)34/h4-10,17-18,23H,11-12,14-16,20-21H2,1-3H3. The van der Waals surface area contributed by atoms with Crippen LogP contribution in [-0.2, 0) is 24.4 Å². The van der Waals surface area contributed by atoms with Gasteiger partial charge in [0, 0.05) is 23.2 Å². The molecule has 0 N–H and O–H groups in total. The van der Waals surface area contributed by atoms with Crippen molar-refractivity contribution in [3.8, 4) is 18.0 Å². The zero-order chi connectivity index (χ0) is 30.6. The third-order valence-corrected chi connectivity index (χ3v) is 7.36. The third-order valence-electron chi connectivity index (χ3n) is 7.36. The number of fused-ring (bicyclic) bond motifs is 1. The van der Waals surface area contributed by atoms with Gasteiger partial charge in [-0.15, -0.1) is 0 Å². The fourth-order valence-corrected chi connectivity index (χ4v) is 5.22. The van der Waals surface area contributed by atoms with Crippen LogP contribution in [0, 0.1) is 28.5 Å². The highest BCUT2D eigenvalue weighted by atomic mass is 19.1. The first-order valence-electron chi connectivity index (χ1n) is 14.2. The Bertz CT molecular complexity index is 1720. The number of imidazole rings is 1. The largest absolute Gasteiger partial charge is 0.473 e. The molecule has 1 aliphatic heterocycles. The molecule has 1 saturated heterocycles. The Balaban J connectivity index is 1.22. The van der Waals surface area contributed by atoms with Gasteiger partial charge < -0.3 is 14.0 Å². The number of ether oxygens (including phenoxy) is 2. The molecule has 0 spiro atoms. The molecule has 2 aromatic heterocycles. The van der Waals surface area contributed by atoms with Crippen LogP contribution >= 0.6 is 0 Å². The van der Waals surface area contributed by atoms with Crippen LogP contribution in [0.25, 0.3) is 11.0 Å². The van der Waals surface area contributed by atoms with E-state index in [4.69, 9.17) is 19.7 Å². The summed E-state index contributed by atoms with van der Waals surface area (Å²) in [5, 5.41) is 18.5. The minimum atomic E-state index is -0.606. The molecule has 9 nitrogen and oxygen atoms in total. The molecule has 1 fully saturated rings. The second kappa shape index (κ2) is 12.6. The van der Waals surface area contributed by atoms with Crippen molar-refractivity contribution in [1.29, 1.82) is 10.5 Å². The van der Waals surface area contributed by atoms with Gasteiger partial charge in [-0.25, -0.2) is 19.2 Å². The lowest BCUT2D eigenvalue weighted by molar-refractivity contribution is 0.00696. The van der Waals surface area contributed by atoms with E-state index in [9.17, 15) is 14.4 Å². The number of rotatable bonds is 8. The van der Waals surface area contributed by atoms with E-state index in [2.05, 4.69) is 16.0 Å². The molecule has 4 aromatic rings. The predicted octanol–water partition coefficient (Wildman–Crippen LogP) is 5.88. The van der Waals surface area contributed by atoms with Crippen molar-refractivity contribution in [3.05, 3.63) is 88.6 Å². The zero-order valence-corrected chi connectivity index (χ0v) is 24.5. The predicted molar refractivity (Wildman–Crippen MR) is 157 cm³/mol. The van der Waals surface area contributed by atoms with Gasteiger partial charge in [0.05, 0.1) is 40.8 Å². The minimum absolute atomic E-state index is 0.0232. The number of esters is 1. The number of aromatic nitrogens is 3. The molecule has 0 aliphatic carbocycles. The molecule has 2 aromatic carbocycles. The van der Waals surface area contributed by atoms with Crippen molar-refractivity contribution < 1.29 is 18.7 Å². The average Bonchev–Trinajstić information content (AvgIpc) is 3.32. The molecule has 0 bridgehead atoms. The molecule has 43 heavy (non-hydrogen) atoms. The second-order valence-corrected chi connectivity index (χ2v) is 11.6. The van der Waals surface area contributed by atoms with Crippen LogP contribution in [0.1, 0.15) is 72.5 Å². The van der Waals surface area contributed by atoms with Crippen LogP contribution in [0.15, 0.2) is 54.6 Å². The van der Waals surface area contributed by atoms with Crippen LogP contribution < -0.4 is 4.74 Å². The Morgan fingerprint density at radius 3 is 2.56 bits per heavy atom. The highest BCUT2D eigenvalue weighted by Crippen LogP contribution is 2.29. The van der Waals surface area contributed by atoms with Gasteiger partial charge in [-0.3, -0.25) is 4.90 Å². The van der Waals surface area contributed by atoms with Crippen molar-refractivity contribution >= 4 is 17.0 Å². The second-order valence-electron chi connectivity index (χ2n) is 11.6. The molecule has 220 valence electrons. The van der Waals surface area contributed by atoms with Gasteiger partial charge in [0.15, 0.2) is 0 Å². The maximum atomic E-state index is 14.2. The van der Waals surface area contributed by atoms with E-state index in [1.807, 2.05) is 43.5 Å². The van der Waals surface area contributed by atoms with Gasteiger partial charge in [-0.2, -0.15) is 10.5 Å². The number of halogens is 1. The fraction of sp³-hybridized carbons (Fsp3) is 0.364. The Morgan fingerprint density at radius 1 is 1.07 bits per heavy atom. The third kappa shape index (κ3) is 7.17. The number of piperidine rings is 1. The van der Waals surface area contributed by atoms with Crippen molar-refractivity contribution in [2.24, 2.45) is 0 Å². The van der Waals surface area contributed by atoms with Crippen LogP contribution in [0.2, 0.25) is 0 Å². The van der Waals surface area contributed by atoms with Crippen LogP contribution in [-0.4, -0.2) is 44.1 Å². The Morgan fingerprint density at radius 2 is 1.86 bits per heavy atom. The Kier molecular flexibility index (Phi) is 8.70. The molecule has 0 atom stereocenters. The number of hydrogen-bond acceptors (Lipinski definition) is 8. The number of carbonyl (C=O) groups excluding carboxylic acids is 1. The van der Waals surface area contributed by atoms with Crippen molar-refractivity contribution in [3.63, 3.8) is 0 Å². The van der Waals surface area contributed by atoms with Crippen molar-refractivity contribution in [1.82, 2.24) is 19.4 Å². The van der Waals surface area contributed by atoms with E-state index in [0.29, 0.717) is 23.6 Å². The quantitative estimate of drug-likeness (QED) is 0.237. The molecule has 3 heterocycles. The monoisotopic (exact) mass is 580 g/mol. The fourth-order valence-electron chi connectivity index (χ4n) is 5.22. The molecule has 0 radical (unpaired) electrons. The van der Waals surface area contributed by atoms with Gasteiger partial charge in [0.25, 0.3) is 0 Å². The van der Waals surface area contributed by atoms with Crippen molar-refractivity contribution in [2.45, 2.75) is 64.8 Å². The SMILES string of the molecule is CC(C)(C)OC(=O)c1ccc2nc(CN3CCC(c4cccc(OCc5ccc(C#N)cc5F)n4)CC3)n(CC#N)c2c1. The lowest BCUT2D eigenvalue weighted by Crippen LogP contribution is -2.33. The first kappa shape index (κ1) is 29.7. The molecule has 1 aliphatic rings. The summed E-state index contributed by atoms with van der Waals surface area (Å²) in [6.07, 6.45) is 1.78. The normalized spacial score (nSPS) is 14.3. The van der Waals surface area contributed by atoms with Crippen molar-refractivity contribution in [2.75, 3.05) is 13.1 Å². The zero-order valence-electron chi connectivity index (χ0n) is 24.5. The number of nitrogens with zero attached hydrogens (tertiary/aromatic N) is 6. The van der Waals surface area contributed by atoms with Gasteiger partial charge in [-0.1, -0.05) is 12.1 Å².